The van der Waals surface area contributed by atoms with Crippen molar-refractivity contribution in [2.45, 2.75) is 57.6 Å². The molecule has 0 heterocycles. The number of hydrogen-bond acceptors (Lipinski definition) is 3. The van der Waals surface area contributed by atoms with E-state index >= 15 is 0 Å². The number of aliphatic hydroxyl groups is 1. The Bertz CT molecular complexity index is 216. The minimum absolute atomic E-state index is 0.613. The van der Waals surface area contributed by atoms with Gasteiger partial charge in [0.1, 0.15) is 0 Å². The zero-order chi connectivity index (χ0) is 12.9. The highest BCUT2D eigenvalue weighted by Gasteiger charge is 2.27. The Balaban J connectivity index is 2.37. The lowest BCUT2D eigenvalue weighted by atomic mass is 9.82. The molecule has 17 heavy (non-hydrogen) atoms. The molecule has 2 N–H and O–H groups in total. The van der Waals surface area contributed by atoms with Crippen LogP contribution in [0.15, 0.2) is 0 Å². The molecule has 1 rings (SSSR count). The Labute approximate surface area is 107 Å². The SMILES string of the molecule is CCC1CCCCC1NCC(C)(O)CN(C)C. The number of hydrogen-bond donors (Lipinski definition) is 2. The average Bonchev–Trinajstić information content (AvgIpc) is 2.25. The van der Waals surface area contributed by atoms with Crippen LogP contribution in [0.3, 0.4) is 0 Å². The normalized spacial score (nSPS) is 29.3. The van der Waals surface area contributed by atoms with E-state index in [0.717, 1.165) is 5.92 Å². The highest BCUT2D eigenvalue weighted by atomic mass is 16.3. The second kappa shape index (κ2) is 6.72. The van der Waals surface area contributed by atoms with Crippen LogP contribution in [0.1, 0.15) is 46.0 Å². The van der Waals surface area contributed by atoms with Crippen molar-refractivity contribution in [1.29, 1.82) is 0 Å². The Morgan fingerprint density at radius 1 is 1.29 bits per heavy atom. The predicted molar refractivity (Wildman–Crippen MR) is 73.2 cm³/mol. The lowest BCUT2D eigenvalue weighted by Crippen LogP contribution is -2.50. The van der Waals surface area contributed by atoms with E-state index in [0.29, 0.717) is 19.1 Å². The van der Waals surface area contributed by atoms with Crippen molar-refractivity contribution in [3.05, 3.63) is 0 Å². The van der Waals surface area contributed by atoms with Crippen LogP contribution < -0.4 is 5.32 Å². The molecule has 3 unspecified atom stereocenters. The van der Waals surface area contributed by atoms with Crippen molar-refractivity contribution in [2.24, 2.45) is 5.92 Å². The molecule has 0 bridgehead atoms. The summed E-state index contributed by atoms with van der Waals surface area (Å²) in [6, 6.07) is 0.613. The van der Waals surface area contributed by atoms with Crippen LogP contribution in [0.4, 0.5) is 0 Å². The molecule has 102 valence electrons. The topological polar surface area (TPSA) is 35.5 Å². The molecule has 0 radical (unpaired) electrons. The molecule has 0 aliphatic heterocycles. The maximum Gasteiger partial charge on any atom is 0.0869 e. The summed E-state index contributed by atoms with van der Waals surface area (Å²) >= 11 is 0. The third-order valence-electron chi connectivity index (χ3n) is 3.84. The van der Waals surface area contributed by atoms with Gasteiger partial charge in [0.2, 0.25) is 0 Å². The van der Waals surface area contributed by atoms with Gasteiger partial charge in [0.15, 0.2) is 0 Å². The van der Waals surface area contributed by atoms with Gasteiger partial charge in [-0.3, -0.25) is 0 Å². The summed E-state index contributed by atoms with van der Waals surface area (Å²) in [6.07, 6.45) is 6.60. The smallest absolute Gasteiger partial charge is 0.0869 e. The first-order valence-corrected chi connectivity index (χ1v) is 7.05. The molecule has 1 aliphatic rings. The molecule has 0 aromatic rings. The van der Waals surface area contributed by atoms with E-state index in [4.69, 9.17) is 0 Å². The summed E-state index contributed by atoms with van der Waals surface area (Å²) in [6.45, 7) is 5.61. The fourth-order valence-corrected chi connectivity index (χ4v) is 3.05. The largest absolute Gasteiger partial charge is 0.388 e. The minimum atomic E-state index is -0.626. The van der Waals surface area contributed by atoms with Crippen LogP contribution in [0.2, 0.25) is 0 Å². The van der Waals surface area contributed by atoms with Crippen LogP contribution in [0, 0.1) is 5.92 Å². The fourth-order valence-electron chi connectivity index (χ4n) is 3.05. The molecule has 1 aliphatic carbocycles. The standard InChI is InChI=1S/C14H30N2O/c1-5-12-8-6-7-9-13(12)15-10-14(2,17)11-16(3)4/h12-13,15,17H,5-11H2,1-4H3. The van der Waals surface area contributed by atoms with Gasteiger partial charge < -0.3 is 15.3 Å². The highest BCUT2D eigenvalue weighted by molar-refractivity contribution is 4.85. The summed E-state index contributed by atoms with van der Waals surface area (Å²) in [4.78, 5) is 2.04. The molecule has 1 fully saturated rings. The average molecular weight is 242 g/mol. The highest BCUT2D eigenvalue weighted by Crippen LogP contribution is 2.26. The molecular formula is C14H30N2O. The maximum atomic E-state index is 10.3. The summed E-state index contributed by atoms with van der Waals surface area (Å²) in [5, 5.41) is 13.9. The first-order valence-electron chi connectivity index (χ1n) is 7.05. The van der Waals surface area contributed by atoms with Crippen molar-refractivity contribution in [3.63, 3.8) is 0 Å². The third-order valence-corrected chi connectivity index (χ3v) is 3.84. The monoisotopic (exact) mass is 242 g/mol. The number of nitrogens with zero attached hydrogens (tertiary/aromatic N) is 1. The second-order valence-corrected chi connectivity index (χ2v) is 6.17. The van der Waals surface area contributed by atoms with Crippen LogP contribution in [-0.4, -0.2) is 48.8 Å². The minimum Gasteiger partial charge on any atom is -0.388 e. The Kier molecular flexibility index (Phi) is 5.90. The van der Waals surface area contributed by atoms with Crippen LogP contribution >= 0.6 is 0 Å². The number of likely N-dealkylation sites (N-methyl/N-ethyl adjacent to an activating group) is 1. The summed E-state index contributed by atoms with van der Waals surface area (Å²) < 4.78 is 0. The molecule has 0 aromatic carbocycles. The molecule has 0 aromatic heterocycles. The van der Waals surface area contributed by atoms with Crippen molar-refractivity contribution in [2.75, 3.05) is 27.2 Å². The first kappa shape index (κ1) is 14.9. The zero-order valence-corrected chi connectivity index (χ0v) is 12.0. The number of nitrogens with one attached hydrogen (secondary N) is 1. The molecule has 3 nitrogen and oxygen atoms in total. The van der Waals surface area contributed by atoms with E-state index in [1.165, 1.54) is 32.1 Å². The Hall–Kier alpha value is -0.120. The molecular weight excluding hydrogens is 212 g/mol. The van der Waals surface area contributed by atoms with Crippen molar-refractivity contribution in [1.82, 2.24) is 10.2 Å². The summed E-state index contributed by atoms with van der Waals surface area (Å²) in [5.74, 6) is 0.805. The number of rotatable bonds is 6. The van der Waals surface area contributed by atoms with Gasteiger partial charge in [-0.1, -0.05) is 26.2 Å². The Morgan fingerprint density at radius 2 is 1.94 bits per heavy atom. The molecule has 0 amide bonds. The van der Waals surface area contributed by atoms with Gasteiger partial charge in [-0.15, -0.1) is 0 Å². The van der Waals surface area contributed by atoms with Gasteiger partial charge in [-0.25, -0.2) is 0 Å². The molecule has 3 atom stereocenters. The van der Waals surface area contributed by atoms with Crippen molar-refractivity contribution in [3.8, 4) is 0 Å². The predicted octanol–water partition coefficient (Wildman–Crippen LogP) is 1.86. The summed E-state index contributed by atoms with van der Waals surface area (Å²) in [7, 11) is 4.01. The van der Waals surface area contributed by atoms with Crippen LogP contribution in [0.5, 0.6) is 0 Å². The lowest BCUT2D eigenvalue weighted by Gasteiger charge is -2.35. The van der Waals surface area contributed by atoms with Crippen LogP contribution in [0.25, 0.3) is 0 Å². The van der Waals surface area contributed by atoms with E-state index < -0.39 is 5.60 Å². The quantitative estimate of drug-likeness (QED) is 0.746. The van der Waals surface area contributed by atoms with E-state index in [1.54, 1.807) is 0 Å². The van der Waals surface area contributed by atoms with Crippen molar-refractivity contribution < 1.29 is 5.11 Å². The maximum absolute atomic E-state index is 10.3. The van der Waals surface area contributed by atoms with Gasteiger partial charge >= 0.3 is 0 Å². The van der Waals surface area contributed by atoms with E-state index in [9.17, 15) is 5.11 Å². The fraction of sp³-hybridized carbons (Fsp3) is 1.00. The van der Waals surface area contributed by atoms with Gasteiger partial charge in [-0.05, 0) is 39.8 Å². The van der Waals surface area contributed by atoms with Gasteiger partial charge in [0.05, 0.1) is 5.60 Å². The van der Waals surface area contributed by atoms with Crippen LogP contribution in [-0.2, 0) is 0 Å². The van der Waals surface area contributed by atoms with Crippen molar-refractivity contribution >= 4 is 0 Å². The van der Waals surface area contributed by atoms with Gasteiger partial charge in [0.25, 0.3) is 0 Å². The summed E-state index contributed by atoms with van der Waals surface area (Å²) in [5.41, 5.74) is -0.626. The second-order valence-electron chi connectivity index (χ2n) is 6.17. The van der Waals surface area contributed by atoms with E-state index in [2.05, 4.69) is 12.2 Å². The van der Waals surface area contributed by atoms with Gasteiger partial charge in [-0.2, -0.15) is 0 Å². The molecule has 0 spiro atoms. The molecule has 0 saturated heterocycles. The molecule has 1 saturated carbocycles. The third kappa shape index (κ3) is 5.36. The van der Waals surface area contributed by atoms with Gasteiger partial charge in [0, 0.05) is 19.1 Å². The lowest BCUT2D eigenvalue weighted by molar-refractivity contribution is 0.0275. The first-order chi connectivity index (χ1) is 7.94. The Morgan fingerprint density at radius 3 is 2.53 bits per heavy atom. The molecule has 3 heteroatoms. The zero-order valence-electron chi connectivity index (χ0n) is 12.0. The van der Waals surface area contributed by atoms with E-state index in [1.807, 2.05) is 25.9 Å². The van der Waals surface area contributed by atoms with E-state index in [-0.39, 0.29) is 0 Å².